The minimum atomic E-state index is -0.232. The first-order chi connectivity index (χ1) is 9.72. The van der Waals surface area contributed by atoms with Gasteiger partial charge < -0.3 is 10.6 Å². The molecular weight excluding hydrogens is 292 g/mol. The van der Waals surface area contributed by atoms with Gasteiger partial charge in [0.25, 0.3) is 5.91 Å². The van der Waals surface area contributed by atoms with Crippen LogP contribution >= 0.6 is 23.1 Å². The fourth-order valence-electron chi connectivity index (χ4n) is 1.48. The van der Waals surface area contributed by atoms with E-state index in [0.717, 1.165) is 23.5 Å². The first kappa shape index (κ1) is 14.8. The number of anilines is 2. The summed E-state index contributed by atoms with van der Waals surface area (Å²) in [4.78, 5) is 13.2. The van der Waals surface area contributed by atoms with E-state index >= 15 is 0 Å². The normalized spacial score (nSPS) is 10.3. The van der Waals surface area contributed by atoms with Crippen molar-refractivity contribution in [1.82, 2.24) is 10.2 Å². The first-order valence-electron chi connectivity index (χ1n) is 6.25. The number of carbonyl (C=O) groups is 1. The molecule has 2 aromatic rings. The second kappa shape index (κ2) is 7.25. The lowest BCUT2D eigenvalue weighted by atomic mass is 10.3. The molecule has 1 amide bonds. The van der Waals surface area contributed by atoms with Gasteiger partial charge in [-0.15, -0.1) is 22.0 Å². The summed E-state index contributed by atoms with van der Waals surface area (Å²) in [6, 6.07) is 7.69. The molecule has 20 heavy (non-hydrogen) atoms. The van der Waals surface area contributed by atoms with E-state index in [-0.39, 0.29) is 5.91 Å². The number of rotatable bonds is 6. The van der Waals surface area contributed by atoms with Gasteiger partial charge in [0.1, 0.15) is 0 Å². The molecule has 7 heteroatoms. The number of nitrogens with zero attached hydrogens (tertiary/aromatic N) is 2. The zero-order valence-electron chi connectivity index (χ0n) is 11.3. The molecule has 0 saturated carbocycles. The van der Waals surface area contributed by atoms with Crippen LogP contribution in [-0.4, -0.2) is 28.9 Å². The molecule has 0 saturated heterocycles. The molecule has 2 rings (SSSR count). The summed E-state index contributed by atoms with van der Waals surface area (Å²) in [5.41, 5.74) is 0.756. The molecule has 2 N–H and O–H groups in total. The Morgan fingerprint density at radius 3 is 2.70 bits per heavy atom. The fourth-order valence-corrected chi connectivity index (χ4v) is 2.55. The van der Waals surface area contributed by atoms with Crippen molar-refractivity contribution < 1.29 is 4.79 Å². The van der Waals surface area contributed by atoms with E-state index in [1.807, 2.05) is 30.5 Å². The molecule has 0 spiro atoms. The van der Waals surface area contributed by atoms with Crippen molar-refractivity contribution >= 4 is 39.8 Å². The number of carbonyl (C=O) groups excluding carboxylic acids is 1. The van der Waals surface area contributed by atoms with E-state index in [1.165, 1.54) is 11.3 Å². The Balaban J connectivity index is 1.98. The van der Waals surface area contributed by atoms with Gasteiger partial charge >= 0.3 is 0 Å². The van der Waals surface area contributed by atoms with E-state index in [0.29, 0.717) is 10.1 Å². The van der Waals surface area contributed by atoms with Crippen LogP contribution in [0.15, 0.2) is 29.2 Å². The number of aromatic nitrogens is 2. The highest BCUT2D eigenvalue weighted by Crippen LogP contribution is 2.19. The van der Waals surface area contributed by atoms with Gasteiger partial charge in [0.2, 0.25) is 10.1 Å². The molecule has 1 aromatic heterocycles. The molecule has 0 radical (unpaired) electrons. The van der Waals surface area contributed by atoms with E-state index in [9.17, 15) is 4.79 Å². The summed E-state index contributed by atoms with van der Waals surface area (Å²) in [5, 5.41) is 14.8. The monoisotopic (exact) mass is 308 g/mol. The Morgan fingerprint density at radius 2 is 2.05 bits per heavy atom. The molecule has 5 nitrogen and oxygen atoms in total. The Labute approximate surface area is 126 Å². The lowest BCUT2D eigenvalue weighted by molar-refractivity contribution is 0.102. The standard InChI is InChI=1S/C13H16N4OS2/c1-3-8-14-13-17-16-12(20-13)11(18)15-9-4-6-10(19-2)7-5-9/h4-7H,3,8H2,1-2H3,(H,14,17)(H,15,18). The van der Waals surface area contributed by atoms with Crippen LogP contribution in [0, 0.1) is 0 Å². The van der Waals surface area contributed by atoms with Crippen molar-refractivity contribution in [2.75, 3.05) is 23.4 Å². The number of hydrogen-bond acceptors (Lipinski definition) is 6. The first-order valence-corrected chi connectivity index (χ1v) is 8.30. The van der Waals surface area contributed by atoms with Gasteiger partial charge in [0.15, 0.2) is 0 Å². The van der Waals surface area contributed by atoms with Gasteiger partial charge in [0.05, 0.1) is 0 Å². The highest BCUT2D eigenvalue weighted by atomic mass is 32.2. The van der Waals surface area contributed by atoms with Gasteiger partial charge in [-0.1, -0.05) is 18.3 Å². The minimum absolute atomic E-state index is 0.232. The van der Waals surface area contributed by atoms with Gasteiger partial charge in [-0.3, -0.25) is 4.79 Å². The number of thioether (sulfide) groups is 1. The molecule has 1 heterocycles. The topological polar surface area (TPSA) is 66.9 Å². The molecule has 106 valence electrons. The third-order valence-electron chi connectivity index (χ3n) is 2.49. The summed E-state index contributed by atoms with van der Waals surface area (Å²) in [7, 11) is 0. The Kier molecular flexibility index (Phi) is 5.37. The maximum Gasteiger partial charge on any atom is 0.286 e. The molecular formula is C13H16N4OS2. The molecule has 0 atom stereocenters. The second-order valence-corrected chi connectivity index (χ2v) is 5.88. The molecule has 0 aliphatic heterocycles. The van der Waals surface area contributed by atoms with Crippen LogP contribution < -0.4 is 10.6 Å². The lowest BCUT2D eigenvalue weighted by Crippen LogP contribution is -2.11. The largest absolute Gasteiger partial charge is 0.360 e. The van der Waals surface area contributed by atoms with Crippen LogP contribution in [0.25, 0.3) is 0 Å². The molecule has 0 aliphatic carbocycles. The van der Waals surface area contributed by atoms with Crippen molar-refractivity contribution in [1.29, 1.82) is 0 Å². The second-order valence-electron chi connectivity index (χ2n) is 4.02. The number of hydrogen-bond donors (Lipinski definition) is 2. The van der Waals surface area contributed by atoms with Crippen LogP contribution in [0.2, 0.25) is 0 Å². The van der Waals surface area contributed by atoms with Gasteiger partial charge in [-0.2, -0.15) is 0 Å². The van der Waals surface area contributed by atoms with Crippen molar-refractivity contribution in [2.45, 2.75) is 18.2 Å². The molecule has 0 fully saturated rings. The molecule has 0 aliphatic rings. The van der Waals surface area contributed by atoms with E-state index in [1.54, 1.807) is 11.8 Å². The highest BCUT2D eigenvalue weighted by Gasteiger charge is 2.12. The minimum Gasteiger partial charge on any atom is -0.360 e. The van der Waals surface area contributed by atoms with Gasteiger partial charge in [-0.05, 0) is 36.9 Å². The van der Waals surface area contributed by atoms with Gasteiger partial charge in [-0.25, -0.2) is 0 Å². The quantitative estimate of drug-likeness (QED) is 0.801. The predicted octanol–water partition coefficient (Wildman–Crippen LogP) is 3.33. The third kappa shape index (κ3) is 3.94. The summed E-state index contributed by atoms with van der Waals surface area (Å²) in [6.45, 7) is 2.90. The number of amides is 1. The highest BCUT2D eigenvalue weighted by molar-refractivity contribution is 7.98. The lowest BCUT2D eigenvalue weighted by Gasteiger charge is -2.03. The van der Waals surface area contributed by atoms with Crippen molar-refractivity contribution in [3.8, 4) is 0 Å². The summed E-state index contributed by atoms with van der Waals surface area (Å²) in [5.74, 6) is -0.232. The zero-order chi connectivity index (χ0) is 14.4. The van der Waals surface area contributed by atoms with Crippen LogP contribution in [-0.2, 0) is 0 Å². The van der Waals surface area contributed by atoms with Crippen molar-refractivity contribution in [3.05, 3.63) is 29.3 Å². The smallest absolute Gasteiger partial charge is 0.286 e. The number of nitrogens with one attached hydrogen (secondary N) is 2. The predicted molar refractivity (Wildman–Crippen MR) is 84.9 cm³/mol. The maximum atomic E-state index is 12.0. The van der Waals surface area contributed by atoms with Crippen LogP contribution in [0.5, 0.6) is 0 Å². The van der Waals surface area contributed by atoms with E-state index in [4.69, 9.17) is 0 Å². The number of benzene rings is 1. The molecule has 0 bridgehead atoms. The van der Waals surface area contributed by atoms with Crippen LogP contribution in [0.1, 0.15) is 23.1 Å². The van der Waals surface area contributed by atoms with Crippen molar-refractivity contribution in [2.24, 2.45) is 0 Å². The van der Waals surface area contributed by atoms with E-state index in [2.05, 4.69) is 27.8 Å². The average Bonchev–Trinajstić information content (AvgIpc) is 2.95. The molecule has 1 aromatic carbocycles. The van der Waals surface area contributed by atoms with Crippen LogP contribution in [0.4, 0.5) is 10.8 Å². The molecule has 0 unspecified atom stereocenters. The average molecular weight is 308 g/mol. The van der Waals surface area contributed by atoms with Crippen molar-refractivity contribution in [3.63, 3.8) is 0 Å². The summed E-state index contributed by atoms with van der Waals surface area (Å²) in [6.07, 6.45) is 3.02. The van der Waals surface area contributed by atoms with Crippen LogP contribution in [0.3, 0.4) is 0 Å². The Bertz CT molecular complexity index is 568. The zero-order valence-corrected chi connectivity index (χ0v) is 13.0. The fraction of sp³-hybridized carbons (Fsp3) is 0.308. The summed E-state index contributed by atoms with van der Waals surface area (Å²) < 4.78 is 0. The Hall–Kier alpha value is -1.60. The van der Waals surface area contributed by atoms with E-state index < -0.39 is 0 Å². The maximum absolute atomic E-state index is 12.0. The Morgan fingerprint density at radius 1 is 1.30 bits per heavy atom. The summed E-state index contributed by atoms with van der Waals surface area (Å²) >= 11 is 2.92. The SMILES string of the molecule is CCCNc1nnc(C(=O)Nc2ccc(SC)cc2)s1. The van der Waals surface area contributed by atoms with Gasteiger partial charge in [0, 0.05) is 17.1 Å². The third-order valence-corrected chi connectivity index (χ3v) is 4.12.